The van der Waals surface area contributed by atoms with Crippen molar-refractivity contribution in [3.05, 3.63) is 85.8 Å². The minimum absolute atomic E-state index is 0.0544. The highest BCUT2D eigenvalue weighted by molar-refractivity contribution is 8.76. The van der Waals surface area contributed by atoms with Gasteiger partial charge in [-0.05, 0) is 72.2 Å². The van der Waals surface area contributed by atoms with Crippen LogP contribution in [-0.2, 0) is 37.8 Å². The van der Waals surface area contributed by atoms with Crippen molar-refractivity contribution in [1.82, 2.24) is 14.5 Å². The average molecular weight is 592 g/mol. The number of pyridine rings is 3. The number of hydrogen-bond donors (Lipinski definition) is 0. The molecule has 11 heteroatoms. The molecule has 3 aromatic heterocycles. The molecule has 5 heterocycles. The summed E-state index contributed by atoms with van der Waals surface area (Å²) < 4.78 is 18.0. The number of carbonyl (C=O) groups excluding carboxylic acids is 2. The number of esters is 1. The molecule has 0 bridgehead atoms. The highest BCUT2D eigenvalue weighted by Gasteiger charge is 2.51. The molecule has 2 aliphatic heterocycles. The molecule has 0 saturated carbocycles. The third-order valence-electron chi connectivity index (χ3n) is 6.92. The van der Waals surface area contributed by atoms with Crippen LogP contribution in [0.1, 0.15) is 42.5 Å². The fourth-order valence-corrected chi connectivity index (χ4v) is 6.64. The van der Waals surface area contributed by atoms with Crippen molar-refractivity contribution in [3.8, 4) is 11.4 Å². The highest BCUT2D eigenvalue weighted by Crippen LogP contribution is 2.40. The van der Waals surface area contributed by atoms with E-state index in [-0.39, 0.29) is 30.8 Å². The SMILES string of the molecule is C=c1cc2c(n/c1=C/C=C\C)-c1cc3c(c(=O)n1C2)COC(=O)[C@@]3(CC)OC(=O)OCCSSc1cc(C)ccn1. The first kappa shape index (κ1) is 28.7. The second-order valence-corrected chi connectivity index (χ2v) is 12.0. The van der Waals surface area contributed by atoms with Crippen LogP contribution in [0.5, 0.6) is 0 Å². The summed E-state index contributed by atoms with van der Waals surface area (Å²) >= 11 is 0. The molecular weight excluding hydrogens is 562 g/mol. The van der Waals surface area contributed by atoms with Gasteiger partial charge in [-0.3, -0.25) is 4.79 Å². The van der Waals surface area contributed by atoms with Crippen molar-refractivity contribution in [1.29, 1.82) is 0 Å². The molecule has 1 atom stereocenters. The van der Waals surface area contributed by atoms with Crippen LogP contribution in [-0.4, -0.2) is 39.0 Å². The fraction of sp³-hybridized carbons (Fsp3) is 0.300. The Kier molecular flexibility index (Phi) is 8.37. The smallest absolute Gasteiger partial charge is 0.457 e. The maximum absolute atomic E-state index is 13.6. The summed E-state index contributed by atoms with van der Waals surface area (Å²) in [5.41, 5.74) is 1.55. The Morgan fingerprint density at radius 1 is 1.29 bits per heavy atom. The van der Waals surface area contributed by atoms with E-state index in [1.54, 1.807) is 23.8 Å². The van der Waals surface area contributed by atoms with E-state index in [0.29, 0.717) is 34.6 Å². The predicted molar refractivity (Wildman–Crippen MR) is 159 cm³/mol. The summed E-state index contributed by atoms with van der Waals surface area (Å²) in [6, 6.07) is 7.52. The monoisotopic (exact) mass is 591 g/mol. The van der Waals surface area contributed by atoms with Gasteiger partial charge in [-0.25, -0.2) is 19.6 Å². The van der Waals surface area contributed by atoms with Gasteiger partial charge >= 0.3 is 12.1 Å². The van der Waals surface area contributed by atoms with E-state index < -0.39 is 17.7 Å². The van der Waals surface area contributed by atoms with Gasteiger partial charge < -0.3 is 18.8 Å². The summed E-state index contributed by atoms with van der Waals surface area (Å²) in [5.74, 6) is -0.265. The van der Waals surface area contributed by atoms with Gasteiger partial charge in [0.25, 0.3) is 5.56 Å². The summed E-state index contributed by atoms with van der Waals surface area (Å²) in [5, 5.41) is 2.28. The number of carbonyl (C=O) groups is 2. The zero-order valence-electron chi connectivity index (χ0n) is 23.0. The number of hydrogen-bond acceptors (Lipinski definition) is 10. The number of fused-ring (bicyclic) bond motifs is 4. The van der Waals surface area contributed by atoms with Gasteiger partial charge in [0.15, 0.2) is 0 Å². The number of cyclic esters (lactones) is 1. The second-order valence-electron chi connectivity index (χ2n) is 9.58. The molecule has 5 rings (SSSR count). The number of aromatic nitrogens is 3. The van der Waals surface area contributed by atoms with Gasteiger partial charge in [0.1, 0.15) is 18.2 Å². The Balaban J connectivity index is 1.39. The molecule has 9 nitrogen and oxygen atoms in total. The van der Waals surface area contributed by atoms with Crippen molar-refractivity contribution in [3.63, 3.8) is 0 Å². The fourth-order valence-electron chi connectivity index (χ4n) is 4.86. The van der Waals surface area contributed by atoms with E-state index in [4.69, 9.17) is 19.2 Å². The first-order valence-corrected chi connectivity index (χ1v) is 15.4. The Labute approximate surface area is 244 Å². The Hall–Kier alpha value is -3.83. The lowest BCUT2D eigenvalue weighted by Gasteiger charge is -2.35. The quantitative estimate of drug-likeness (QED) is 0.169. The van der Waals surface area contributed by atoms with Gasteiger partial charge in [0.05, 0.1) is 28.8 Å². The van der Waals surface area contributed by atoms with Gasteiger partial charge in [-0.2, -0.15) is 0 Å². The highest BCUT2D eigenvalue weighted by atomic mass is 33.1. The van der Waals surface area contributed by atoms with Gasteiger partial charge in [-0.1, -0.05) is 36.4 Å². The number of rotatable bonds is 8. The van der Waals surface area contributed by atoms with Crippen LogP contribution >= 0.6 is 21.6 Å². The normalized spacial score (nSPS) is 17.6. The van der Waals surface area contributed by atoms with E-state index in [1.165, 1.54) is 21.6 Å². The summed E-state index contributed by atoms with van der Waals surface area (Å²) in [6.07, 6.45) is 6.39. The van der Waals surface area contributed by atoms with Crippen LogP contribution in [0.2, 0.25) is 0 Å². The van der Waals surface area contributed by atoms with Gasteiger partial charge in [-0.15, -0.1) is 0 Å². The van der Waals surface area contributed by atoms with Crippen molar-refractivity contribution < 1.29 is 23.8 Å². The summed E-state index contributed by atoms with van der Waals surface area (Å²) in [4.78, 5) is 48.7. The predicted octanol–water partition coefficient (Wildman–Crippen LogP) is 4.00. The van der Waals surface area contributed by atoms with Crippen molar-refractivity contribution >= 4 is 46.4 Å². The third kappa shape index (κ3) is 5.56. The molecule has 0 saturated heterocycles. The number of ether oxygens (including phenoxy) is 3. The maximum Gasteiger partial charge on any atom is 0.509 e. The van der Waals surface area contributed by atoms with E-state index in [2.05, 4.69) is 11.6 Å². The van der Waals surface area contributed by atoms with Gasteiger partial charge in [0, 0.05) is 23.1 Å². The van der Waals surface area contributed by atoms with Crippen LogP contribution in [0, 0.1) is 6.92 Å². The van der Waals surface area contributed by atoms with Crippen molar-refractivity contribution in [2.75, 3.05) is 12.4 Å². The summed E-state index contributed by atoms with van der Waals surface area (Å²) in [6.45, 7) is 9.86. The number of nitrogens with zero attached hydrogens (tertiary/aromatic N) is 3. The topological polar surface area (TPSA) is 110 Å². The summed E-state index contributed by atoms with van der Waals surface area (Å²) in [7, 11) is 2.96. The molecule has 2 aliphatic rings. The first-order valence-electron chi connectivity index (χ1n) is 13.1. The molecule has 0 amide bonds. The van der Waals surface area contributed by atoms with Crippen LogP contribution in [0.4, 0.5) is 4.79 Å². The van der Waals surface area contributed by atoms with E-state index in [1.807, 2.05) is 50.3 Å². The molecule has 0 aromatic carbocycles. The Bertz CT molecular complexity index is 1740. The second kappa shape index (κ2) is 12.0. The van der Waals surface area contributed by atoms with Crippen LogP contribution < -0.4 is 16.1 Å². The lowest BCUT2D eigenvalue weighted by molar-refractivity contribution is -0.175. The molecule has 0 radical (unpaired) electrons. The molecule has 0 N–H and O–H groups in total. The minimum Gasteiger partial charge on any atom is -0.457 e. The third-order valence-corrected chi connectivity index (χ3v) is 9.13. The standard InChI is InChI=1S/C30H29N3O6S2/c1-5-7-8-23-19(4)14-20-16-33-24(26(20)32-23)15-22-21(27(33)34)17-38-28(35)30(22,6-2)39-29(36)37-11-12-40-41-25-13-18(3)9-10-31-25/h5,7-10,13-15H,4,6,11-12,16-17H2,1-3H3/b7-5-,23-8+/t30-/m0/s1. The molecule has 0 aliphatic carbocycles. The molecule has 0 fully saturated rings. The molecule has 0 unspecified atom stereocenters. The molecular formula is C30H29N3O6S2. The molecule has 0 spiro atoms. The number of aryl methyl sites for hydroxylation is 1. The van der Waals surface area contributed by atoms with Gasteiger partial charge in [0.2, 0.25) is 5.60 Å². The van der Waals surface area contributed by atoms with Crippen molar-refractivity contribution in [2.45, 2.75) is 51.0 Å². The lowest BCUT2D eigenvalue weighted by Crippen LogP contribution is -2.47. The zero-order valence-corrected chi connectivity index (χ0v) is 24.6. The molecule has 3 aromatic rings. The first-order chi connectivity index (χ1) is 19.8. The lowest BCUT2D eigenvalue weighted by atomic mass is 9.85. The zero-order chi connectivity index (χ0) is 29.1. The van der Waals surface area contributed by atoms with E-state index in [9.17, 15) is 14.4 Å². The Morgan fingerprint density at radius 2 is 2.12 bits per heavy atom. The largest absolute Gasteiger partial charge is 0.509 e. The number of allylic oxidation sites excluding steroid dienone is 2. The Morgan fingerprint density at radius 3 is 2.88 bits per heavy atom. The van der Waals surface area contributed by atoms with E-state index in [0.717, 1.165) is 21.4 Å². The molecule has 212 valence electrons. The van der Waals surface area contributed by atoms with Crippen LogP contribution in [0.3, 0.4) is 0 Å². The average Bonchev–Trinajstić information content (AvgIpc) is 3.30. The van der Waals surface area contributed by atoms with Crippen LogP contribution in [0.15, 0.2) is 52.4 Å². The maximum atomic E-state index is 13.6. The van der Waals surface area contributed by atoms with E-state index >= 15 is 0 Å². The molecule has 41 heavy (non-hydrogen) atoms. The van der Waals surface area contributed by atoms with Crippen LogP contribution in [0.25, 0.3) is 24.0 Å². The minimum atomic E-state index is -1.82. The van der Waals surface area contributed by atoms with Crippen molar-refractivity contribution in [2.24, 2.45) is 0 Å².